The molecule has 0 radical (unpaired) electrons. The van der Waals surface area contributed by atoms with Crippen molar-refractivity contribution in [2.75, 3.05) is 0 Å². The Morgan fingerprint density at radius 3 is 2.52 bits per heavy atom. The molecular weight excluding hydrogens is 292 g/mol. The molecule has 1 aromatic rings. The van der Waals surface area contributed by atoms with Gasteiger partial charge in [0.25, 0.3) is 11.6 Å². The number of carbonyl (C=O) groups excluding carboxylic acids is 1. The lowest BCUT2D eigenvalue weighted by atomic mass is 10.0. The van der Waals surface area contributed by atoms with Crippen LogP contribution in [0.1, 0.15) is 41.6 Å². The van der Waals surface area contributed by atoms with Crippen LogP contribution in [0.2, 0.25) is 0 Å². The van der Waals surface area contributed by atoms with Crippen LogP contribution in [0.5, 0.6) is 0 Å². The maximum absolute atomic E-state index is 12.7. The maximum Gasteiger partial charge on any atom is 0.273 e. The van der Waals surface area contributed by atoms with Gasteiger partial charge in [-0.05, 0) is 38.7 Å². The largest absolute Gasteiger partial charge is 0.333 e. The highest BCUT2D eigenvalue weighted by molar-refractivity contribution is 6.20. The van der Waals surface area contributed by atoms with E-state index in [1.807, 2.05) is 4.90 Å². The topological polar surface area (TPSA) is 63.5 Å². The number of fused-ring (bicyclic) bond motifs is 2. The van der Waals surface area contributed by atoms with Gasteiger partial charge in [0, 0.05) is 34.7 Å². The summed E-state index contributed by atoms with van der Waals surface area (Å²) >= 11 is 6.22. The zero-order valence-corrected chi connectivity index (χ0v) is 12.5. The summed E-state index contributed by atoms with van der Waals surface area (Å²) in [5, 5.41) is 11.2. The van der Waals surface area contributed by atoms with Gasteiger partial charge in [-0.1, -0.05) is 6.07 Å². The molecule has 2 heterocycles. The maximum atomic E-state index is 12.7. The van der Waals surface area contributed by atoms with Crippen LogP contribution in [0, 0.1) is 17.0 Å². The third kappa shape index (κ3) is 2.50. The number of alkyl halides is 1. The van der Waals surface area contributed by atoms with E-state index in [4.69, 9.17) is 11.6 Å². The van der Waals surface area contributed by atoms with Crippen molar-refractivity contribution in [2.24, 2.45) is 0 Å². The third-order valence-corrected chi connectivity index (χ3v) is 4.92. The van der Waals surface area contributed by atoms with Crippen molar-refractivity contribution in [3.63, 3.8) is 0 Å². The van der Waals surface area contributed by atoms with Crippen LogP contribution in [-0.2, 0) is 0 Å². The van der Waals surface area contributed by atoms with Crippen LogP contribution in [0.3, 0.4) is 0 Å². The Hall–Kier alpha value is -1.62. The molecule has 5 nitrogen and oxygen atoms in total. The quantitative estimate of drug-likeness (QED) is 0.478. The predicted octanol–water partition coefficient (Wildman–Crippen LogP) is 3.28. The second-order valence-corrected chi connectivity index (χ2v) is 6.54. The number of aryl methyl sites for hydroxylation is 1. The molecule has 2 bridgehead atoms. The van der Waals surface area contributed by atoms with Crippen molar-refractivity contribution in [1.82, 2.24) is 4.90 Å². The molecule has 0 saturated carbocycles. The highest BCUT2D eigenvalue weighted by Crippen LogP contribution is 2.39. The number of hydrogen-bond donors (Lipinski definition) is 0. The number of nitro groups is 1. The Morgan fingerprint density at radius 2 is 1.95 bits per heavy atom. The van der Waals surface area contributed by atoms with Gasteiger partial charge in [0.15, 0.2) is 0 Å². The smallest absolute Gasteiger partial charge is 0.273 e. The van der Waals surface area contributed by atoms with Gasteiger partial charge in [-0.15, -0.1) is 11.6 Å². The zero-order valence-electron chi connectivity index (χ0n) is 11.8. The first-order valence-corrected chi connectivity index (χ1v) is 7.63. The van der Waals surface area contributed by atoms with E-state index in [9.17, 15) is 14.9 Å². The molecule has 1 aromatic carbocycles. The molecule has 0 aromatic heterocycles. The van der Waals surface area contributed by atoms with Gasteiger partial charge in [0.2, 0.25) is 0 Å². The fraction of sp³-hybridized carbons (Fsp3) is 0.533. The molecule has 2 unspecified atom stereocenters. The molecule has 1 amide bonds. The van der Waals surface area contributed by atoms with Crippen molar-refractivity contribution in [3.8, 4) is 0 Å². The normalized spacial score (nSPS) is 27.7. The minimum atomic E-state index is -0.439. The average Bonchev–Trinajstić information content (AvgIpc) is 2.70. The molecule has 2 aliphatic rings. The fourth-order valence-electron chi connectivity index (χ4n) is 3.53. The lowest BCUT2D eigenvalue weighted by Crippen LogP contribution is -2.46. The standard InChI is InChI=1S/C15H17ClN2O3/c1-9-2-3-10(6-14(9)18(20)21)15(19)17-12-4-5-13(17)8-11(16)7-12/h2-3,6,11-13H,4-5,7-8H2,1H3. The summed E-state index contributed by atoms with van der Waals surface area (Å²) in [7, 11) is 0. The number of amides is 1. The summed E-state index contributed by atoms with van der Waals surface area (Å²) < 4.78 is 0. The highest BCUT2D eigenvalue weighted by Gasteiger charge is 2.43. The molecule has 2 atom stereocenters. The molecular formula is C15H17ClN2O3. The number of halogens is 1. The van der Waals surface area contributed by atoms with Crippen LogP contribution in [-0.4, -0.2) is 33.2 Å². The second-order valence-electron chi connectivity index (χ2n) is 5.92. The van der Waals surface area contributed by atoms with Crippen molar-refractivity contribution in [3.05, 3.63) is 39.4 Å². The number of nitrogens with zero attached hydrogens (tertiary/aromatic N) is 2. The van der Waals surface area contributed by atoms with E-state index in [-0.39, 0.29) is 29.1 Å². The number of nitro benzene ring substituents is 1. The molecule has 112 valence electrons. The number of rotatable bonds is 2. The van der Waals surface area contributed by atoms with Gasteiger partial charge in [-0.25, -0.2) is 0 Å². The lowest BCUT2D eigenvalue weighted by molar-refractivity contribution is -0.385. The average molecular weight is 309 g/mol. The Bertz CT molecular complexity index is 591. The highest BCUT2D eigenvalue weighted by atomic mass is 35.5. The predicted molar refractivity (Wildman–Crippen MR) is 79.7 cm³/mol. The summed E-state index contributed by atoms with van der Waals surface area (Å²) in [6.07, 6.45) is 3.59. The minimum Gasteiger partial charge on any atom is -0.333 e. The molecule has 2 fully saturated rings. The molecule has 6 heteroatoms. The van der Waals surface area contributed by atoms with E-state index in [0.29, 0.717) is 11.1 Å². The zero-order chi connectivity index (χ0) is 15.1. The SMILES string of the molecule is Cc1ccc(C(=O)N2C3CCC2CC(Cl)C3)cc1[N+](=O)[O-]. The molecule has 0 N–H and O–H groups in total. The van der Waals surface area contributed by atoms with Crippen molar-refractivity contribution in [1.29, 1.82) is 0 Å². The monoisotopic (exact) mass is 308 g/mol. The summed E-state index contributed by atoms with van der Waals surface area (Å²) in [5.74, 6) is -0.103. The fourth-order valence-corrected chi connectivity index (χ4v) is 3.94. The summed E-state index contributed by atoms with van der Waals surface area (Å²) in [6, 6.07) is 5.07. The summed E-state index contributed by atoms with van der Waals surface area (Å²) in [4.78, 5) is 25.2. The van der Waals surface area contributed by atoms with Crippen LogP contribution >= 0.6 is 11.6 Å². The van der Waals surface area contributed by atoms with Crippen molar-refractivity contribution in [2.45, 2.75) is 50.1 Å². The van der Waals surface area contributed by atoms with Crippen LogP contribution in [0.25, 0.3) is 0 Å². The summed E-state index contributed by atoms with van der Waals surface area (Å²) in [6.45, 7) is 1.68. The number of carbonyl (C=O) groups is 1. The van der Waals surface area contributed by atoms with E-state index in [1.54, 1.807) is 19.1 Å². The Morgan fingerprint density at radius 1 is 1.33 bits per heavy atom. The first-order chi connectivity index (χ1) is 9.97. The Balaban J connectivity index is 1.89. The second kappa shape index (κ2) is 5.30. The molecule has 2 saturated heterocycles. The molecule has 0 aliphatic carbocycles. The Kier molecular flexibility index (Phi) is 3.61. The number of benzene rings is 1. The van der Waals surface area contributed by atoms with Gasteiger partial charge in [0.05, 0.1) is 4.92 Å². The van der Waals surface area contributed by atoms with Crippen molar-refractivity contribution < 1.29 is 9.72 Å². The van der Waals surface area contributed by atoms with Crippen LogP contribution < -0.4 is 0 Å². The first-order valence-electron chi connectivity index (χ1n) is 7.19. The van der Waals surface area contributed by atoms with E-state index < -0.39 is 4.92 Å². The van der Waals surface area contributed by atoms with Gasteiger partial charge in [-0.3, -0.25) is 14.9 Å². The lowest BCUT2D eigenvalue weighted by Gasteiger charge is -2.37. The van der Waals surface area contributed by atoms with Crippen LogP contribution in [0.15, 0.2) is 18.2 Å². The van der Waals surface area contributed by atoms with E-state index in [1.165, 1.54) is 6.07 Å². The molecule has 21 heavy (non-hydrogen) atoms. The number of hydrogen-bond acceptors (Lipinski definition) is 3. The van der Waals surface area contributed by atoms with Crippen molar-refractivity contribution >= 4 is 23.2 Å². The van der Waals surface area contributed by atoms with Gasteiger partial charge in [0.1, 0.15) is 0 Å². The molecule has 3 rings (SSSR count). The van der Waals surface area contributed by atoms with Gasteiger partial charge < -0.3 is 4.90 Å². The van der Waals surface area contributed by atoms with Gasteiger partial charge in [-0.2, -0.15) is 0 Å². The minimum absolute atomic E-state index is 0.000395. The Labute approximate surface area is 128 Å². The molecule has 0 spiro atoms. The van der Waals surface area contributed by atoms with Crippen LogP contribution in [0.4, 0.5) is 5.69 Å². The first kappa shape index (κ1) is 14.3. The summed E-state index contributed by atoms with van der Waals surface area (Å²) in [5.41, 5.74) is 0.969. The van der Waals surface area contributed by atoms with Gasteiger partial charge >= 0.3 is 0 Å². The third-order valence-electron chi connectivity index (χ3n) is 4.56. The van der Waals surface area contributed by atoms with E-state index in [2.05, 4.69) is 0 Å². The number of piperidine rings is 1. The molecule has 2 aliphatic heterocycles. The van der Waals surface area contributed by atoms with E-state index >= 15 is 0 Å². The van der Waals surface area contributed by atoms with E-state index in [0.717, 1.165) is 25.7 Å².